The smallest absolute Gasteiger partial charge is 0.237 e. The lowest BCUT2D eigenvalue weighted by atomic mass is 9.94. The van der Waals surface area contributed by atoms with E-state index in [1.54, 1.807) is 19.0 Å². The minimum Gasteiger partial charge on any atom is -0.361 e. The summed E-state index contributed by atoms with van der Waals surface area (Å²) in [5.41, 5.74) is 2.35. The summed E-state index contributed by atoms with van der Waals surface area (Å²) in [6, 6.07) is 8.05. The van der Waals surface area contributed by atoms with Gasteiger partial charge in [0.2, 0.25) is 11.8 Å². The third-order valence-electron chi connectivity index (χ3n) is 5.62. The number of aromatic amines is 1. The molecule has 146 valence electrons. The predicted octanol–water partition coefficient (Wildman–Crippen LogP) is 2.02. The summed E-state index contributed by atoms with van der Waals surface area (Å²) in [7, 11) is 3.61. The molecule has 1 aliphatic heterocycles. The number of carbonyl (C=O) groups excluding carboxylic acids is 2. The van der Waals surface area contributed by atoms with Crippen LogP contribution in [0, 0.1) is 5.92 Å². The fraction of sp³-hybridized carbons (Fsp3) is 0.524. The van der Waals surface area contributed by atoms with Crippen molar-refractivity contribution in [3.63, 3.8) is 0 Å². The van der Waals surface area contributed by atoms with Gasteiger partial charge in [-0.25, -0.2) is 0 Å². The number of fused-ring (bicyclic) bond motifs is 1. The van der Waals surface area contributed by atoms with Gasteiger partial charge < -0.3 is 15.2 Å². The van der Waals surface area contributed by atoms with Gasteiger partial charge in [0.05, 0.1) is 6.04 Å². The van der Waals surface area contributed by atoms with E-state index in [1.165, 1.54) is 10.9 Å². The largest absolute Gasteiger partial charge is 0.361 e. The number of benzene rings is 1. The van der Waals surface area contributed by atoms with Crippen molar-refractivity contribution in [2.75, 3.05) is 33.7 Å². The zero-order valence-electron chi connectivity index (χ0n) is 16.5. The molecule has 0 radical (unpaired) electrons. The monoisotopic (exact) mass is 370 g/mol. The van der Waals surface area contributed by atoms with E-state index in [4.69, 9.17) is 0 Å². The molecule has 6 heteroatoms. The Bertz CT molecular complexity index is 790. The highest BCUT2D eigenvalue weighted by Crippen LogP contribution is 2.21. The summed E-state index contributed by atoms with van der Waals surface area (Å²) in [5, 5.41) is 4.28. The quantitative estimate of drug-likeness (QED) is 0.817. The molecular formula is C21H30N4O2. The first-order valence-corrected chi connectivity index (χ1v) is 9.75. The molecule has 1 aliphatic rings. The second-order valence-corrected chi connectivity index (χ2v) is 7.62. The number of likely N-dealkylation sites (tertiary alicyclic amines) is 1. The molecule has 2 aromatic rings. The summed E-state index contributed by atoms with van der Waals surface area (Å²) in [6.07, 6.45) is 4.47. The molecule has 1 aromatic heterocycles. The minimum atomic E-state index is -0.164. The van der Waals surface area contributed by atoms with Gasteiger partial charge in [0.1, 0.15) is 0 Å². The third kappa shape index (κ3) is 4.50. The van der Waals surface area contributed by atoms with Crippen molar-refractivity contribution in [1.82, 2.24) is 20.1 Å². The lowest BCUT2D eigenvalue weighted by Gasteiger charge is -2.35. The van der Waals surface area contributed by atoms with Crippen LogP contribution < -0.4 is 5.32 Å². The van der Waals surface area contributed by atoms with Crippen molar-refractivity contribution in [3.05, 3.63) is 36.0 Å². The van der Waals surface area contributed by atoms with E-state index < -0.39 is 0 Å². The molecule has 1 atom stereocenters. The minimum absolute atomic E-state index is 0.0622. The summed E-state index contributed by atoms with van der Waals surface area (Å²) in [4.78, 5) is 31.7. The Morgan fingerprint density at radius 2 is 1.96 bits per heavy atom. The Hall–Kier alpha value is -2.34. The third-order valence-corrected chi connectivity index (χ3v) is 5.62. The van der Waals surface area contributed by atoms with E-state index >= 15 is 0 Å². The Kier molecular flexibility index (Phi) is 6.16. The topological polar surface area (TPSA) is 68.4 Å². The van der Waals surface area contributed by atoms with Crippen molar-refractivity contribution < 1.29 is 9.59 Å². The number of carbonyl (C=O) groups is 2. The van der Waals surface area contributed by atoms with Crippen LogP contribution in [0.3, 0.4) is 0 Å². The van der Waals surface area contributed by atoms with Crippen LogP contribution in [0.2, 0.25) is 0 Å². The van der Waals surface area contributed by atoms with Crippen LogP contribution in [0.1, 0.15) is 25.3 Å². The van der Waals surface area contributed by atoms with E-state index in [2.05, 4.69) is 27.3 Å². The molecular weight excluding hydrogens is 340 g/mol. The first kappa shape index (κ1) is 19.4. The highest BCUT2D eigenvalue weighted by Gasteiger charge is 2.30. The lowest BCUT2D eigenvalue weighted by molar-refractivity contribution is -0.135. The van der Waals surface area contributed by atoms with Gasteiger partial charge in [-0.3, -0.25) is 14.5 Å². The summed E-state index contributed by atoms with van der Waals surface area (Å²) in [6.45, 7) is 4.16. The Balaban J connectivity index is 1.45. The molecule has 0 bridgehead atoms. The number of nitrogens with zero attached hydrogens (tertiary/aromatic N) is 2. The maximum absolute atomic E-state index is 12.5. The van der Waals surface area contributed by atoms with Crippen LogP contribution in [0.5, 0.6) is 0 Å². The molecule has 0 aliphatic carbocycles. The first-order valence-electron chi connectivity index (χ1n) is 9.75. The van der Waals surface area contributed by atoms with Crippen molar-refractivity contribution in [3.8, 4) is 0 Å². The number of hydrogen-bond acceptors (Lipinski definition) is 3. The van der Waals surface area contributed by atoms with E-state index in [9.17, 15) is 9.59 Å². The molecule has 1 saturated heterocycles. The average Bonchev–Trinajstić information content (AvgIpc) is 3.10. The number of H-pyrrole nitrogens is 1. The molecule has 0 spiro atoms. The molecule has 0 saturated carbocycles. The van der Waals surface area contributed by atoms with Gasteiger partial charge in [0, 0.05) is 43.7 Å². The number of para-hydroxylation sites is 1. The highest BCUT2D eigenvalue weighted by molar-refractivity contribution is 5.84. The van der Waals surface area contributed by atoms with Gasteiger partial charge in [0.15, 0.2) is 0 Å². The van der Waals surface area contributed by atoms with Gasteiger partial charge in [-0.05, 0) is 50.9 Å². The van der Waals surface area contributed by atoms with Crippen LogP contribution in [0.25, 0.3) is 10.9 Å². The second-order valence-electron chi connectivity index (χ2n) is 7.62. The number of aromatic nitrogens is 1. The molecule has 1 unspecified atom stereocenters. The summed E-state index contributed by atoms with van der Waals surface area (Å²) >= 11 is 0. The number of piperidine rings is 1. The molecule has 2 amide bonds. The van der Waals surface area contributed by atoms with Gasteiger partial charge in [0.25, 0.3) is 0 Å². The van der Waals surface area contributed by atoms with Gasteiger partial charge in [-0.1, -0.05) is 18.2 Å². The van der Waals surface area contributed by atoms with E-state index in [0.717, 1.165) is 37.9 Å². The Morgan fingerprint density at radius 1 is 1.26 bits per heavy atom. The highest BCUT2D eigenvalue weighted by atomic mass is 16.2. The van der Waals surface area contributed by atoms with Crippen LogP contribution in [0.15, 0.2) is 30.5 Å². The molecule has 1 fully saturated rings. The number of amides is 2. The lowest BCUT2D eigenvalue weighted by Crippen LogP contribution is -2.50. The van der Waals surface area contributed by atoms with E-state index in [0.29, 0.717) is 6.54 Å². The van der Waals surface area contributed by atoms with Crippen LogP contribution in [-0.4, -0.2) is 66.4 Å². The van der Waals surface area contributed by atoms with Crippen LogP contribution >= 0.6 is 0 Å². The van der Waals surface area contributed by atoms with Gasteiger partial charge in [-0.15, -0.1) is 0 Å². The molecule has 27 heavy (non-hydrogen) atoms. The SMILES string of the molecule is CC(C(=O)NCCc1c[nH]c2ccccc12)N1CCC(C(=O)N(C)C)CC1. The Morgan fingerprint density at radius 3 is 2.67 bits per heavy atom. The van der Waals surface area contributed by atoms with Crippen molar-refractivity contribution >= 4 is 22.7 Å². The molecule has 2 heterocycles. The van der Waals surface area contributed by atoms with Crippen molar-refractivity contribution in [1.29, 1.82) is 0 Å². The maximum atomic E-state index is 12.5. The van der Waals surface area contributed by atoms with Crippen LogP contribution in [0.4, 0.5) is 0 Å². The zero-order chi connectivity index (χ0) is 19.4. The van der Waals surface area contributed by atoms with E-state index in [-0.39, 0.29) is 23.8 Å². The summed E-state index contributed by atoms with van der Waals surface area (Å²) < 4.78 is 0. The number of nitrogens with one attached hydrogen (secondary N) is 2. The predicted molar refractivity (Wildman–Crippen MR) is 107 cm³/mol. The Labute approximate surface area is 160 Å². The fourth-order valence-electron chi connectivity index (χ4n) is 3.87. The molecule has 1 aromatic carbocycles. The standard InChI is InChI=1S/C21H30N4O2/c1-15(25-12-9-16(10-13-25)21(27)24(2)3)20(26)22-11-8-17-14-23-19-7-5-4-6-18(17)19/h4-7,14-16,23H,8-13H2,1-3H3,(H,22,26). The molecule has 3 rings (SSSR count). The van der Waals surface area contributed by atoms with Crippen molar-refractivity contribution in [2.24, 2.45) is 5.92 Å². The number of rotatable bonds is 6. The maximum Gasteiger partial charge on any atom is 0.237 e. The normalized spacial score (nSPS) is 17.0. The first-order chi connectivity index (χ1) is 13.0. The van der Waals surface area contributed by atoms with E-state index in [1.807, 2.05) is 25.3 Å². The summed E-state index contributed by atoms with van der Waals surface area (Å²) in [5.74, 6) is 0.353. The average molecular weight is 370 g/mol. The van der Waals surface area contributed by atoms with Crippen LogP contribution in [-0.2, 0) is 16.0 Å². The molecule has 2 N–H and O–H groups in total. The van der Waals surface area contributed by atoms with Crippen molar-refractivity contribution in [2.45, 2.75) is 32.2 Å². The molecule has 6 nitrogen and oxygen atoms in total. The zero-order valence-corrected chi connectivity index (χ0v) is 16.5. The number of hydrogen-bond donors (Lipinski definition) is 2. The fourth-order valence-corrected chi connectivity index (χ4v) is 3.87. The van der Waals surface area contributed by atoms with Gasteiger partial charge >= 0.3 is 0 Å². The second kappa shape index (κ2) is 8.57. The van der Waals surface area contributed by atoms with Gasteiger partial charge in [-0.2, -0.15) is 0 Å².